The highest BCUT2D eigenvalue weighted by Crippen LogP contribution is 2.32. The Morgan fingerprint density at radius 1 is 1.33 bits per heavy atom. The number of carbonyl (C=O) groups is 2. The largest absolute Gasteiger partial charge is 0.480 e. The van der Waals surface area contributed by atoms with Crippen LogP contribution in [-0.4, -0.2) is 42.4 Å². The lowest BCUT2D eigenvalue weighted by molar-refractivity contribution is -0.146. The van der Waals surface area contributed by atoms with Gasteiger partial charge in [-0.15, -0.1) is 0 Å². The first-order valence-corrected chi connectivity index (χ1v) is 7.89. The topological polar surface area (TPSA) is 87.7 Å². The van der Waals surface area contributed by atoms with Crippen LogP contribution >= 0.6 is 0 Å². The maximum Gasteiger partial charge on any atom is 0.329 e. The monoisotopic (exact) mass is 298 g/mol. The molecule has 6 nitrogen and oxygen atoms in total. The summed E-state index contributed by atoms with van der Waals surface area (Å²) in [6.07, 6.45) is 5.33. The number of aliphatic carboxylic acids is 1. The van der Waals surface area contributed by atoms with Gasteiger partial charge in [0, 0.05) is 13.2 Å². The Hall–Kier alpha value is -1.30. The number of amides is 2. The van der Waals surface area contributed by atoms with E-state index in [-0.39, 0.29) is 0 Å². The number of carboxylic acid groups (broad SMARTS) is 1. The van der Waals surface area contributed by atoms with E-state index in [1.807, 2.05) is 6.92 Å². The van der Waals surface area contributed by atoms with Crippen LogP contribution in [0.1, 0.15) is 45.4 Å². The molecule has 2 unspecified atom stereocenters. The maximum absolute atomic E-state index is 11.9. The van der Waals surface area contributed by atoms with Gasteiger partial charge in [-0.3, -0.25) is 0 Å². The van der Waals surface area contributed by atoms with E-state index in [2.05, 4.69) is 10.6 Å². The average Bonchev–Trinajstić information content (AvgIpc) is 3.22. The Labute approximate surface area is 125 Å². The third kappa shape index (κ3) is 4.88. The molecule has 120 valence electrons. The van der Waals surface area contributed by atoms with Crippen LogP contribution in [-0.2, 0) is 9.53 Å². The molecule has 3 N–H and O–H groups in total. The van der Waals surface area contributed by atoms with Crippen LogP contribution in [0.5, 0.6) is 0 Å². The summed E-state index contributed by atoms with van der Waals surface area (Å²) in [6.45, 7) is 3.67. The first kappa shape index (κ1) is 16.1. The second-order valence-corrected chi connectivity index (χ2v) is 6.49. The molecule has 0 aromatic carbocycles. The van der Waals surface area contributed by atoms with Crippen LogP contribution in [0.15, 0.2) is 0 Å². The highest BCUT2D eigenvalue weighted by molar-refractivity contribution is 5.86. The molecule has 2 amide bonds. The lowest BCUT2D eigenvalue weighted by atomic mass is 9.76. The van der Waals surface area contributed by atoms with E-state index in [0.29, 0.717) is 37.8 Å². The molecule has 0 aliphatic heterocycles. The van der Waals surface area contributed by atoms with Gasteiger partial charge in [0.25, 0.3) is 0 Å². The third-order valence-electron chi connectivity index (χ3n) is 4.34. The minimum Gasteiger partial charge on any atom is -0.480 e. The van der Waals surface area contributed by atoms with E-state index < -0.39 is 17.5 Å². The number of carbonyl (C=O) groups excluding carboxylic acids is 1. The SMILES string of the molecule is CC1CCCC(NC(=O)NCCOCC2CC2)(C(=O)O)C1. The van der Waals surface area contributed by atoms with Crippen molar-refractivity contribution in [2.24, 2.45) is 11.8 Å². The molecular weight excluding hydrogens is 272 g/mol. The van der Waals surface area contributed by atoms with Gasteiger partial charge in [0.1, 0.15) is 5.54 Å². The van der Waals surface area contributed by atoms with E-state index in [1.165, 1.54) is 12.8 Å². The van der Waals surface area contributed by atoms with Crippen molar-refractivity contribution in [3.05, 3.63) is 0 Å². The fourth-order valence-electron chi connectivity index (χ4n) is 2.95. The smallest absolute Gasteiger partial charge is 0.329 e. The minimum absolute atomic E-state index is 0.317. The van der Waals surface area contributed by atoms with E-state index in [1.54, 1.807) is 0 Å². The zero-order chi connectivity index (χ0) is 15.3. The fraction of sp³-hybridized carbons (Fsp3) is 0.867. The summed E-state index contributed by atoms with van der Waals surface area (Å²) in [6, 6.07) is -0.415. The van der Waals surface area contributed by atoms with E-state index in [4.69, 9.17) is 4.74 Å². The van der Waals surface area contributed by atoms with Crippen LogP contribution in [0.3, 0.4) is 0 Å². The van der Waals surface area contributed by atoms with Gasteiger partial charge in [0.2, 0.25) is 0 Å². The van der Waals surface area contributed by atoms with Gasteiger partial charge >= 0.3 is 12.0 Å². The standard InChI is InChI=1S/C15H26N2O4/c1-11-3-2-6-15(9-11,13(18)19)17-14(20)16-7-8-21-10-12-4-5-12/h11-12H,2-10H2,1H3,(H,18,19)(H2,16,17,20). The van der Waals surface area contributed by atoms with Crippen LogP contribution in [0.2, 0.25) is 0 Å². The molecule has 2 fully saturated rings. The Bertz CT molecular complexity index is 384. The van der Waals surface area contributed by atoms with Crippen LogP contribution in [0.4, 0.5) is 4.79 Å². The van der Waals surface area contributed by atoms with Crippen LogP contribution in [0, 0.1) is 11.8 Å². The maximum atomic E-state index is 11.9. The van der Waals surface area contributed by atoms with Crippen LogP contribution < -0.4 is 10.6 Å². The van der Waals surface area contributed by atoms with Gasteiger partial charge in [0.15, 0.2) is 0 Å². The van der Waals surface area contributed by atoms with Gasteiger partial charge in [-0.25, -0.2) is 9.59 Å². The molecule has 6 heteroatoms. The predicted molar refractivity (Wildman–Crippen MR) is 78.1 cm³/mol. The molecule has 0 bridgehead atoms. The summed E-state index contributed by atoms with van der Waals surface area (Å²) in [5.74, 6) is 0.0871. The Kier molecular flexibility index (Phi) is 5.45. The molecule has 0 aromatic rings. The first-order chi connectivity index (χ1) is 10.0. The van der Waals surface area contributed by atoms with Crippen molar-refractivity contribution in [3.8, 4) is 0 Å². The highest BCUT2D eigenvalue weighted by Gasteiger charge is 2.43. The van der Waals surface area contributed by atoms with Gasteiger partial charge in [0.05, 0.1) is 6.61 Å². The molecule has 0 saturated heterocycles. The average molecular weight is 298 g/mol. The number of ether oxygens (including phenoxy) is 1. The molecule has 2 aliphatic carbocycles. The zero-order valence-corrected chi connectivity index (χ0v) is 12.7. The van der Waals surface area contributed by atoms with Gasteiger partial charge in [-0.05, 0) is 37.5 Å². The molecule has 21 heavy (non-hydrogen) atoms. The number of hydrogen-bond donors (Lipinski definition) is 3. The summed E-state index contributed by atoms with van der Waals surface area (Å²) in [5.41, 5.74) is -1.11. The van der Waals surface area contributed by atoms with E-state index in [0.717, 1.165) is 19.4 Å². The Balaban J connectivity index is 1.71. The number of nitrogens with one attached hydrogen (secondary N) is 2. The minimum atomic E-state index is -1.11. The second kappa shape index (κ2) is 7.11. The predicted octanol–water partition coefficient (Wildman–Crippen LogP) is 1.75. The second-order valence-electron chi connectivity index (χ2n) is 6.49. The molecule has 2 rings (SSSR count). The third-order valence-corrected chi connectivity index (χ3v) is 4.34. The first-order valence-electron chi connectivity index (χ1n) is 7.89. The molecule has 2 aliphatic rings. The molecule has 2 saturated carbocycles. The van der Waals surface area contributed by atoms with Gasteiger partial charge in [-0.2, -0.15) is 0 Å². The van der Waals surface area contributed by atoms with Crippen molar-refractivity contribution < 1.29 is 19.4 Å². The summed E-state index contributed by atoms with van der Waals surface area (Å²) in [7, 11) is 0. The summed E-state index contributed by atoms with van der Waals surface area (Å²) in [4.78, 5) is 23.4. The zero-order valence-electron chi connectivity index (χ0n) is 12.7. The van der Waals surface area contributed by atoms with Crippen LogP contribution in [0.25, 0.3) is 0 Å². The quantitative estimate of drug-likeness (QED) is 0.625. The van der Waals surface area contributed by atoms with Crippen molar-refractivity contribution in [2.45, 2.75) is 51.0 Å². The molecular formula is C15H26N2O4. The molecule has 2 atom stereocenters. The van der Waals surface area contributed by atoms with Crippen molar-refractivity contribution in [2.75, 3.05) is 19.8 Å². The number of rotatable bonds is 7. The number of hydrogen-bond acceptors (Lipinski definition) is 3. The normalized spacial score (nSPS) is 28.9. The molecule has 0 heterocycles. The molecule has 0 radical (unpaired) electrons. The van der Waals surface area contributed by atoms with E-state index >= 15 is 0 Å². The lowest BCUT2D eigenvalue weighted by Crippen LogP contribution is -2.59. The van der Waals surface area contributed by atoms with Gasteiger partial charge in [-0.1, -0.05) is 19.8 Å². The summed E-state index contributed by atoms with van der Waals surface area (Å²) in [5, 5.41) is 14.8. The van der Waals surface area contributed by atoms with Gasteiger partial charge < -0.3 is 20.5 Å². The van der Waals surface area contributed by atoms with Crippen molar-refractivity contribution in [3.63, 3.8) is 0 Å². The molecule has 0 spiro atoms. The summed E-state index contributed by atoms with van der Waals surface area (Å²) >= 11 is 0. The lowest BCUT2D eigenvalue weighted by Gasteiger charge is -2.36. The van der Waals surface area contributed by atoms with E-state index in [9.17, 15) is 14.7 Å². The van der Waals surface area contributed by atoms with Crippen molar-refractivity contribution >= 4 is 12.0 Å². The fourth-order valence-corrected chi connectivity index (χ4v) is 2.95. The van der Waals surface area contributed by atoms with Crippen molar-refractivity contribution in [1.82, 2.24) is 10.6 Å². The molecule has 0 aromatic heterocycles. The Morgan fingerprint density at radius 3 is 2.71 bits per heavy atom. The Morgan fingerprint density at radius 2 is 2.10 bits per heavy atom. The van der Waals surface area contributed by atoms with Crippen molar-refractivity contribution in [1.29, 1.82) is 0 Å². The number of urea groups is 1. The number of carboxylic acids is 1. The highest BCUT2D eigenvalue weighted by atomic mass is 16.5. The summed E-state index contributed by atoms with van der Waals surface area (Å²) < 4.78 is 5.43.